The first-order valence-corrected chi connectivity index (χ1v) is 8.08. The van der Waals surface area contributed by atoms with Crippen LogP contribution in [0.3, 0.4) is 0 Å². The summed E-state index contributed by atoms with van der Waals surface area (Å²) in [6.45, 7) is 5.37. The van der Waals surface area contributed by atoms with Crippen LogP contribution in [0.15, 0.2) is 24.3 Å². The van der Waals surface area contributed by atoms with Crippen molar-refractivity contribution >= 4 is 11.4 Å². The summed E-state index contributed by atoms with van der Waals surface area (Å²) in [5, 5.41) is 3.57. The predicted octanol–water partition coefficient (Wildman–Crippen LogP) is 3.52. The van der Waals surface area contributed by atoms with E-state index in [4.69, 9.17) is 4.74 Å². The maximum absolute atomic E-state index is 5.40. The number of piperidine rings is 1. The third kappa shape index (κ3) is 3.66. The van der Waals surface area contributed by atoms with Crippen molar-refractivity contribution in [2.24, 2.45) is 5.92 Å². The molecule has 3 heteroatoms. The molecule has 2 fully saturated rings. The van der Waals surface area contributed by atoms with Crippen molar-refractivity contribution in [2.45, 2.75) is 32.1 Å². The third-order valence-corrected chi connectivity index (χ3v) is 4.52. The summed E-state index contributed by atoms with van der Waals surface area (Å²) in [5.74, 6) is 0.769. The molecule has 0 aromatic heterocycles. The number of nitrogens with zero attached hydrogens (tertiary/aromatic N) is 1. The van der Waals surface area contributed by atoms with Crippen LogP contribution in [0.2, 0.25) is 0 Å². The van der Waals surface area contributed by atoms with Crippen molar-refractivity contribution in [1.82, 2.24) is 0 Å². The van der Waals surface area contributed by atoms with Gasteiger partial charge in [-0.3, -0.25) is 0 Å². The molecule has 0 bridgehead atoms. The number of rotatable bonds is 4. The van der Waals surface area contributed by atoms with E-state index >= 15 is 0 Å². The minimum absolute atomic E-state index is 0.769. The number of hydrogen-bond acceptors (Lipinski definition) is 3. The van der Waals surface area contributed by atoms with Crippen LogP contribution < -0.4 is 10.2 Å². The molecule has 0 unspecified atom stereocenters. The van der Waals surface area contributed by atoms with Gasteiger partial charge in [-0.05, 0) is 62.3 Å². The van der Waals surface area contributed by atoms with Crippen molar-refractivity contribution in [2.75, 3.05) is 43.1 Å². The number of hydrogen-bond donors (Lipinski definition) is 1. The molecule has 0 amide bonds. The molecule has 3 rings (SSSR count). The number of nitrogens with one attached hydrogen (secondary N) is 1. The summed E-state index contributed by atoms with van der Waals surface area (Å²) in [7, 11) is 0. The van der Waals surface area contributed by atoms with Crippen molar-refractivity contribution in [3.63, 3.8) is 0 Å². The smallest absolute Gasteiger partial charge is 0.0469 e. The van der Waals surface area contributed by atoms with Crippen LogP contribution in [0, 0.1) is 5.92 Å². The monoisotopic (exact) mass is 274 g/mol. The Labute approximate surface area is 122 Å². The average Bonchev–Trinajstić information content (AvgIpc) is 2.55. The molecule has 1 aromatic carbocycles. The highest BCUT2D eigenvalue weighted by atomic mass is 16.5. The molecule has 0 saturated carbocycles. The number of ether oxygens (including phenoxy) is 1. The highest BCUT2D eigenvalue weighted by Crippen LogP contribution is 2.22. The molecular weight excluding hydrogens is 248 g/mol. The fraction of sp³-hybridized carbons (Fsp3) is 0.647. The Balaban J connectivity index is 1.50. The maximum atomic E-state index is 5.40. The first-order valence-electron chi connectivity index (χ1n) is 8.08. The van der Waals surface area contributed by atoms with E-state index in [-0.39, 0.29) is 0 Å². The zero-order valence-electron chi connectivity index (χ0n) is 12.3. The lowest BCUT2D eigenvalue weighted by Crippen LogP contribution is -2.29. The molecule has 0 radical (unpaired) electrons. The van der Waals surface area contributed by atoms with Crippen LogP contribution >= 0.6 is 0 Å². The van der Waals surface area contributed by atoms with Gasteiger partial charge in [0.15, 0.2) is 0 Å². The van der Waals surface area contributed by atoms with Gasteiger partial charge in [-0.1, -0.05) is 0 Å². The van der Waals surface area contributed by atoms with Crippen LogP contribution in [0.25, 0.3) is 0 Å². The van der Waals surface area contributed by atoms with Crippen molar-refractivity contribution in [3.05, 3.63) is 24.3 Å². The van der Waals surface area contributed by atoms with Gasteiger partial charge in [0.1, 0.15) is 0 Å². The van der Waals surface area contributed by atoms with Gasteiger partial charge in [0, 0.05) is 44.2 Å². The first-order chi connectivity index (χ1) is 9.92. The number of anilines is 2. The van der Waals surface area contributed by atoms with Crippen LogP contribution in [0.4, 0.5) is 11.4 Å². The molecule has 2 heterocycles. The van der Waals surface area contributed by atoms with Crippen molar-refractivity contribution < 1.29 is 4.74 Å². The van der Waals surface area contributed by atoms with Crippen LogP contribution in [-0.2, 0) is 4.74 Å². The van der Waals surface area contributed by atoms with E-state index in [2.05, 4.69) is 34.5 Å². The van der Waals surface area contributed by atoms with E-state index < -0.39 is 0 Å². The van der Waals surface area contributed by atoms with Gasteiger partial charge >= 0.3 is 0 Å². The van der Waals surface area contributed by atoms with E-state index in [1.165, 1.54) is 56.6 Å². The Morgan fingerprint density at radius 3 is 2.40 bits per heavy atom. The lowest BCUT2D eigenvalue weighted by molar-refractivity contribution is 0.0699. The highest BCUT2D eigenvalue weighted by molar-refractivity contribution is 5.55. The zero-order valence-corrected chi connectivity index (χ0v) is 12.3. The molecule has 3 nitrogen and oxygen atoms in total. The molecule has 0 spiro atoms. The van der Waals surface area contributed by atoms with Gasteiger partial charge in [-0.2, -0.15) is 0 Å². The molecule has 1 N–H and O–H groups in total. The molecule has 110 valence electrons. The van der Waals surface area contributed by atoms with Crippen LogP contribution in [0.5, 0.6) is 0 Å². The van der Waals surface area contributed by atoms with E-state index in [0.29, 0.717) is 0 Å². The SMILES string of the molecule is c1cc(N2CCCCC2)ccc1NCC1CCOCC1. The lowest BCUT2D eigenvalue weighted by Gasteiger charge is -2.29. The third-order valence-electron chi connectivity index (χ3n) is 4.52. The molecule has 2 saturated heterocycles. The Morgan fingerprint density at radius 1 is 1.00 bits per heavy atom. The normalized spacial score (nSPS) is 20.9. The van der Waals surface area contributed by atoms with Crippen molar-refractivity contribution in [3.8, 4) is 0 Å². The van der Waals surface area contributed by atoms with E-state index in [1.807, 2.05) is 0 Å². The standard InChI is InChI=1S/C17H26N2O/c1-2-10-19(11-3-1)17-6-4-16(5-7-17)18-14-15-8-12-20-13-9-15/h4-7,15,18H,1-3,8-14H2. The summed E-state index contributed by atoms with van der Waals surface area (Å²) >= 11 is 0. The van der Waals surface area contributed by atoms with E-state index in [1.54, 1.807) is 0 Å². The Bertz CT molecular complexity index is 392. The van der Waals surface area contributed by atoms with Crippen LogP contribution in [-0.4, -0.2) is 32.8 Å². The van der Waals surface area contributed by atoms with Gasteiger partial charge < -0.3 is 15.0 Å². The molecule has 20 heavy (non-hydrogen) atoms. The molecule has 0 atom stereocenters. The fourth-order valence-electron chi connectivity index (χ4n) is 3.15. The fourth-order valence-corrected chi connectivity index (χ4v) is 3.15. The maximum Gasteiger partial charge on any atom is 0.0469 e. The second kappa shape index (κ2) is 6.98. The lowest BCUT2D eigenvalue weighted by atomic mass is 10.0. The van der Waals surface area contributed by atoms with Crippen molar-refractivity contribution in [1.29, 1.82) is 0 Å². The summed E-state index contributed by atoms with van der Waals surface area (Å²) < 4.78 is 5.40. The van der Waals surface area contributed by atoms with Gasteiger partial charge in [0.05, 0.1) is 0 Å². The molecule has 2 aliphatic rings. The second-order valence-electron chi connectivity index (χ2n) is 6.03. The Kier molecular flexibility index (Phi) is 4.80. The molecule has 2 aliphatic heterocycles. The quantitative estimate of drug-likeness (QED) is 0.909. The average molecular weight is 274 g/mol. The summed E-state index contributed by atoms with van der Waals surface area (Å²) in [5.41, 5.74) is 2.62. The number of benzene rings is 1. The van der Waals surface area contributed by atoms with E-state index in [9.17, 15) is 0 Å². The summed E-state index contributed by atoms with van der Waals surface area (Å²) in [6.07, 6.45) is 6.45. The topological polar surface area (TPSA) is 24.5 Å². The van der Waals surface area contributed by atoms with Gasteiger partial charge in [-0.15, -0.1) is 0 Å². The van der Waals surface area contributed by atoms with Gasteiger partial charge in [0.2, 0.25) is 0 Å². The minimum Gasteiger partial charge on any atom is -0.385 e. The van der Waals surface area contributed by atoms with Crippen LogP contribution in [0.1, 0.15) is 32.1 Å². The molecule has 0 aliphatic carbocycles. The van der Waals surface area contributed by atoms with E-state index in [0.717, 1.165) is 25.7 Å². The summed E-state index contributed by atoms with van der Waals surface area (Å²) in [4.78, 5) is 2.51. The Morgan fingerprint density at radius 2 is 1.70 bits per heavy atom. The van der Waals surface area contributed by atoms with Gasteiger partial charge in [0.25, 0.3) is 0 Å². The highest BCUT2D eigenvalue weighted by Gasteiger charge is 2.13. The first kappa shape index (κ1) is 13.7. The van der Waals surface area contributed by atoms with Gasteiger partial charge in [-0.25, -0.2) is 0 Å². The second-order valence-corrected chi connectivity index (χ2v) is 6.03. The minimum atomic E-state index is 0.769. The molecular formula is C17H26N2O. The predicted molar refractivity (Wildman–Crippen MR) is 84.5 cm³/mol. The largest absolute Gasteiger partial charge is 0.385 e. The molecule has 1 aromatic rings. The zero-order chi connectivity index (χ0) is 13.6. The summed E-state index contributed by atoms with van der Waals surface area (Å²) in [6, 6.07) is 8.97. The Hall–Kier alpha value is -1.22.